The fourth-order valence-corrected chi connectivity index (χ4v) is 3.17. The topological polar surface area (TPSA) is 32.7 Å². The minimum Gasteiger partial charge on any atom is -0.290 e. The number of para-hydroxylation sites is 1. The first kappa shape index (κ1) is 15.8. The predicted molar refractivity (Wildman–Crippen MR) is 93.3 cm³/mol. The highest BCUT2D eigenvalue weighted by molar-refractivity contribution is 8.18. The highest BCUT2D eigenvalue weighted by Gasteiger charge is 2.30. The van der Waals surface area contributed by atoms with Crippen LogP contribution in [-0.2, 0) is 4.79 Å². The van der Waals surface area contributed by atoms with Gasteiger partial charge in [0.05, 0.1) is 15.6 Å². The predicted octanol–water partition coefficient (Wildman–Crippen LogP) is 4.71. The van der Waals surface area contributed by atoms with E-state index in [1.165, 1.54) is 28.8 Å². The van der Waals surface area contributed by atoms with E-state index in [1.807, 2.05) is 12.1 Å². The lowest BCUT2D eigenvalue weighted by Gasteiger charge is -2.07. The number of rotatable bonds is 2. The van der Waals surface area contributed by atoms with Crippen LogP contribution in [0.3, 0.4) is 0 Å². The number of hydrogen-bond acceptors (Lipinski definition) is 3. The number of hydrogen-bond donors (Lipinski definition) is 0. The molecule has 1 heterocycles. The Morgan fingerprint density at radius 3 is 2.57 bits per heavy atom. The summed E-state index contributed by atoms with van der Waals surface area (Å²) < 4.78 is 12.9. The van der Waals surface area contributed by atoms with E-state index in [0.29, 0.717) is 20.8 Å². The second-order valence-corrected chi connectivity index (χ2v) is 6.29. The van der Waals surface area contributed by atoms with Crippen LogP contribution in [-0.4, -0.2) is 23.0 Å². The van der Waals surface area contributed by atoms with Crippen molar-refractivity contribution in [1.82, 2.24) is 4.90 Å². The molecular formula is C17H12ClFN2OS. The van der Waals surface area contributed by atoms with Crippen LogP contribution < -0.4 is 0 Å². The number of amidine groups is 1. The number of benzene rings is 2. The zero-order valence-electron chi connectivity index (χ0n) is 12.2. The minimum absolute atomic E-state index is 0.148. The van der Waals surface area contributed by atoms with Gasteiger partial charge in [0.1, 0.15) is 5.82 Å². The summed E-state index contributed by atoms with van der Waals surface area (Å²) in [6, 6.07) is 13.2. The maximum absolute atomic E-state index is 12.9. The van der Waals surface area contributed by atoms with E-state index in [-0.39, 0.29) is 11.7 Å². The van der Waals surface area contributed by atoms with Crippen molar-refractivity contribution in [1.29, 1.82) is 0 Å². The number of likely N-dealkylation sites (N-methyl/N-ethyl adjacent to an activating group) is 1. The van der Waals surface area contributed by atoms with Gasteiger partial charge in [-0.25, -0.2) is 9.38 Å². The van der Waals surface area contributed by atoms with Crippen LogP contribution in [0.1, 0.15) is 5.56 Å². The van der Waals surface area contributed by atoms with Crippen molar-refractivity contribution in [3.05, 3.63) is 69.8 Å². The fraction of sp³-hybridized carbons (Fsp3) is 0.0588. The Bertz CT molecular complexity index is 818. The summed E-state index contributed by atoms with van der Waals surface area (Å²) in [6.45, 7) is 0. The molecule has 23 heavy (non-hydrogen) atoms. The van der Waals surface area contributed by atoms with Crippen LogP contribution in [0.4, 0.5) is 10.1 Å². The van der Waals surface area contributed by atoms with Gasteiger partial charge in [-0.3, -0.25) is 9.69 Å². The molecule has 1 aliphatic heterocycles. The SMILES string of the molecule is CN1C(=O)/C(=C\c2ccc(F)cc2)SC1=Nc1ccccc1Cl. The highest BCUT2D eigenvalue weighted by Crippen LogP contribution is 2.34. The number of amides is 1. The molecule has 1 amide bonds. The van der Waals surface area contributed by atoms with E-state index >= 15 is 0 Å². The van der Waals surface area contributed by atoms with Crippen molar-refractivity contribution in [2.45, 2.75) is 0 Å². The molecule has 0 aromatic heterocycles. The Labute approximate surface area is 142 Å². The van der Waals surface area contributed by atoms with Crippen LogP contribution in [0.25, 0.3) is 6.08 Å². The number of nitrogens with zero attached hydrogens (tertiary/aromatic N) is 2. The van der Waals surface area contributed by atoms with Crippen LogP contribution in [0, 0.1) is 5.82 Å². The average molecular weight is 347 g/mol. The normalized spacial score (nSPS) is 18.2. The third kappa shape index (κ3) is 3.46. The molecule has 2 aromatic rings. The molecule has 0 saturated carbocycles. The number of thioether (sulfide) groups is 1. The van der Waals surface area contributed by atoms with Crippen LogP contribution in [0.5, 0.6) is 0 Å². The van der Waals surface area contributed by atoms with Gasteiger partial charge in [0.25, 0.3) is 5.91 Å². The van der Waals surface area contributed by atoms with Crippen molar-refractivity contribution >= 4 is 46.2 Å². The quantitative estimate of drug-likeness (QED) is 0.737. The first-order chi connectivity index (χ1) is 11.0. The van der Waals surface area contributed by atoms with Gasteiger partial charge in [0, 0.05) is 7.05 Å². The molecular weight excluding hydrogens is 335 g/mol. The highest BCUT2D eigenvalue weighted by atomic mass is 35.5. The summed E-state index contributed by atoms with van der Waals surface area (Å²) in [5.74, 6) is -0.458. The van der Waals surface area contributed by atoms with Gasteiger partial charge in [0.2, 0.25) is 0 Å². The first-order valence-electron chi connectivity index (χ1n) is 6.81. The lowest BCUT2D eigenvalue weighted by molar-refractivity contribution is -0.121. The van der Waals surface area contributed by atoms with Crippen molar-refractivity contribution < 1.29 is 9.18 Å². The Hall–Kier alpha value is -2.11. The van der Waals surface area contributed by atoms with E-state index in [4.69, 9.17) is 11.6 Å². The largest absolute Gasteiger partial charge is 0.290 e. The molecule has 0 N–H and O–H groups in total. The van der Waals surface area contributed by atoms with Crippen molar-refractivity contribution in [3.63, 3.8) is 0 Å². The second kappa shape index (κ2) is 6.56. The molecule has 0 radical (unpaired) electrons. The molecule has 1 aliphatic rings. The second-order valence-electron chi connectivity index (χ2n) is 4.87. The smallest absolute Gasteiger partial charge is 0.266 e. The Kier molecular flexibility index (Phi) is 4.50. The summed E-state index contributed by atoms with van der Waals surface area (Å²) in [5.41, 5.74) is 1.37. The molecule has 1 fully saturated rings. The summed E-state index contributed by atoms with van der Waals surface area (Å²) in [7, 11) is 1.66. The third-order valence-electron chi connectivity index (χ3n) is 3.24. The molecule has 0 spiro atoms. The van der Waals surface area contributed by atoms with Gasteiger partial charge in [0.15, 0.2) is 5.17 Å². The molecule has 3 rings (SSSR count). The molecule has 3 nitrogen and oxygen atoms in total. The Morgan fingerprint density at radius 1 is 1.17 bits per heavy atom. The van der Waals surface area contributed by atoms with Gasteiger partial charge in [-0.05, 0) is 47.7 Å². The lowest BCUT2D eigenvalue weighted by Crippen LogP contribution is -2.23. The minimum atomic E-state index is -0.310. The maximum atomic E-state index is 12.9. The van der Waals surface area contributed by atoms with E-state index < -0.39 is 0 Å². The van der Waals surface area contributed by atoms with Crippen molar-refractivity contribution in [3.8, 4) is 0 Å². The Morgan fingerprint density at radius 2 is 1.87 bits per heavy atom. The molecule has 0 atom stereocenters. The molecule has 0 aliphatic carbocycles. The molecule has 6 heteroatoms. The Balaban J connectivity index is 1.91. The van der Waals surface area contributed by atoms with E-state index in [9.17, 15) is 9.18 Å². The molecule has 2 aromatic carbocycles. The van der Waals surface area contributed by atoms with E-state index in [1.54, 1.807) is 37.4 Å². The lowest BCUT2D eigenvalue weighted by atomic mass is 10.2. The molecule has 1 saturated heterocycles. The summed E-state index contributed by atoms with van der Waals surface area (Å²) in [4.78, 5) is 18.8. The summed E-state index contributed by atoms with van der Waals surface area (Å²) >= 11 is 7.36. The monoisotopic (exact) mass is 346 g/mol. The number of carbonyl (C=O) groups excluding carboxylic acids is 1. The van der Waals surface area contributed by atoms with Gasteiger partial charge in [-0.2, -0.15) is 0 Å². The van der Waals surface area contributed by atoms with Crippen LogP contribution >= 0.6 is 23.4 Å². The molecule has 0 bridgehead atoms. The van der Waals surface area contributed by atoms with Crippen LogP contribution in [0.2, 0.25) is 5.02 Å². The third-order valence-corrected chi connectivity index (χ3v) is 4.62. The first-order valence-corrected chi connectivity index (χ1v) is 8.00. The van der Waals surface area contributed by atoms with E-state index in [0.717, 1.165) is 5.56 Å². The van der Waals surface area contributed by atoms with Gasteiger partial charge >= 0.3 is 0 Å². The number of aliphatic imine (C=N–C) groups is 1. The molecule has 116 valence electrons. The standard InChI is InChI=1S/C17H12ClFN2OS/c1-21-16(22)15(10-11-6-8-12(19)9-7-11)23-17(21)20-14-5-3-2-4-13(14)18/h2-10H,1H3/b15-10+,20-17?. The number of carbonyl (C=O) groups is 1. The van der Waals surface area contributed by atoms with Crippen molar-refractivity contribution in [2.24, 2.45) is 4.99 Å². The van der Waals surface area contributed by atoms with Crippen molar-refractivity contribution in [2.75, 3.05) is 7.05 Å². The number of halogens is 2. The fourth-order valence-electron chi connectivity index (χ4n) is 2.01. The van der Waals surface area contributed by atoms with Crippen LogP contribution in [0.15, 0.2) is 58.4 Å². The zero-order valence-corrected chi connectivity index (χ0v) is 13.7. The van der Waals surface area contributed by atoms with Gasteiger partial charge in [-0.15, -0.1) is 0 Å². The van der Waals surface area contributed by atoms with Gasteiger partial charge < -0.3 is 0 Å². The summed E-state index contributed by atoms with van der Waals surface area (Å²) in [6.07, 6.45) is 1.72. The van der Waals surface area contributed by atoms with Gasteiger partial charge in [-0.1, -0.05) is 35.9 Å². The summed E-state index contributed by atoms with van der Waals surface area (Å²) in [5, 5.41) is 1.08. The maximum Gasteiger partial charge on any atom is 0.266 e. The van der Waals surface area contributed by atoms with E-state index in [2.05, 4.69) is 4.99 Å². The average Bonchev–Trinajstić information content (AvgIpc) is 2.80. The zero-order chi connectivity index (χ0) is 16.4. The molecule has 0 unspecified atom stereocenters.